The summed E-state index contributed by atoms with van der Waals surface area (Å²) in [5.41, 5.74) is 1.62. The summed E-state index contributed by atoms with van der Waals surface area (Å²) < 4.78 is 0. The van der Waals surface area contributed by atoms with Gasteiger partial charge in [0.15, 0.2) is 0 Å². The molecule has 0 spiro atoms. The van der Waals surface area contributed by atoms with E-state index in [2.05, 4.69) is 73.2 Å². The first-order chi connectivity index (χ1) is 9.65. The van der Waals surface area contributed by atoms with Gasteiger partial charge < -0.3 is 10.2 Å². The van der Waals surface area contributed by atoms with Crippen LogP contribution in [-0.2, 0) is 5.41 Å². The molecule has 1 aliphatic rings. The molecular weight excluding hydrogens is 264 g/mol. The van der Waals surface area contributed by atoms with E-state index in [1.807, 2.05) is 0 Å². The molecule has 1 saturated heterocycles. The van der Waals surface area contributed by atoms with Crippen LogP contribution in [0.5, 0.6) is 0 Å². The fourth-order valence-corrected chi connectivity index (χ4v) is 4.34. The number of rotatable bonds is 7. The summed E-state index contributed by atoms with van der Waals surface area (Å²) in [5, 5.41) is 3.55. The van der Waals surface area contributed by atoms with Crippen molar-refractivity contribution < 1.29 is 0 Å². The first-order valence-electron chi connectivity index (χ1n) is 7.70. The molecule has 112 valence electrons. The van der Waals surface area contributed by atoms with Crippen molar-refractivity contribution in [2.75, 3.05) is 38.2 Å². The molecule has 0 radical (unpaired) electrons. The number of benzene rings is 1. The van der Waals surface area contributed by atoms with Gasteiger partial charge in [-0.05, 0) is 31.3 Å². The Hall–Kier alpha value is -0.510. The second-order valence-electron chi connectivity index (χ2n) is 6.14. The van der Waals surface area contributed by atoms with Crippen LogP contribution in [-0.4, -0.2) is 49.1 Å². The van der Waals surface area contributed by atoms with Gasteiger partial charge >= 0.3 is 0 Å². The van der Waals surface area contributed by atoms with Gasteiger partial charge in [0, 0.05) is 30.3 Å². The molecule has 2 rings (SSSR count). The number of hydrogen-bond donors (Lipinski definition) is 1. The number of nitrogens with one attached hydrogen (secondary N) is 1. The molecule has 0 amide bonds. The van der Waals surface area contributed by atoms with Crippen LogP contribution in [0, 0.1) is 0 Å². The van der Waals surface area contributed by atoms with Crippen LogP contribution < -0.4 is 5.32 Å². The average Bonchev–Trinajstić information content (AvgIpc) is 3.00. The summed E-state index contributed by atoms with van der Waals surface area (Å²) in [4.78, 5) is 2.57. The zero-order chi connectivity index (χ0) is 14.4. The molecule has 1 fully saturated rings. The first kappa shape index (κ1) is 15.9. The molecule has 3 heteroatoms. The highest BCUT2D eigenvalue weighted by Gasteiger charge is 2.31. The SMILES string of the molecule is CCNCC(C)(CN(C)C1CCSC1)c1ccccc1. The van der Waals surface area contributed by atoms with Crippen LogP contribution in [0.4, 0.5) is 0 Å². The third-order valence-corrected chi connectivity index (χ3v) is 5.51. The van der Waals surface area contributed by atoms with Crippen molar-refractivity contribution in [1.29, 1.82) is 0 Å². The minimum Gasteiger partial charge on any atom is -0.316 e. The Bertz CT molecular complexity index is 389. The van der Waals surface area contributed by atoms with E-state index < -0.39 is 0 Å². The monoisotopic (exact) mass is 292 g/mol. The van der Waals surface area contributed by atoms with Crippen molar-refractivity contribution in [2.45, 2.75) is 31.7 Å². The molecule has 2 nitrogen and oxygen atoms in total. The molecule has 20 heavy (non-hydrogen) atoms. The maximum absolute atomic E-state index is 3.55. The Morgan fingerprint density at radius 2 is 2.10 bits per heavy atom. The maximum Gasteiger partial charge on any atom is 0.0191 e. The van der Waals surface area contributed by atoms with Gasteiger partial charge in [-0.25, -0.2) is 0 Å². The molecule has 1 N–H and O–H groups in total. The van der Waals surface area contributed by atoms with Gasteiger partial charge in [-0.2, -0.15) is 11.8 Å². The lowest BCUT2D eigenvalue weighted by Crippen LogP contribution is -2.47. The van der Waals surface area contributed by atoms with Gasteiger partial charge in [0.25, 0.3) is 0 Å². The molecule has 1 heterocycles. The fraction of sp³-hybridized carbons (Fsp3) is 0.647. The molecule has 2 atom stereocenters. The van der Waals surface area contributed by atoms with E-state index in [0.717, 1.165) is 25.7 Å². The van der Waals surface area contributed by atoms with E-state index in [1.165, 1.54) is 23.5 Å². The summed E-state index contributed by atoms with van der Waals surface area (Å²) in [6.07, 6.45) is 1.34. The predicted molar refractivity (Wildman–Crippen MR) is 90.7 cm³/mol. The summed E-state index contributed by atoms with van der Waals surface area (Å²) in [7, 11) is 2.30. The molecule has 0 aliphatic carbocycles. The highest BCUT2D eigenvalue weighted by Crippen LogP contribution is 2.28. The largest absolute Gasteiger partial charge is 0.316 e. The standard InChI is InChI=1S/C17H28N2S/c1-4-18-13-17(2,15-8-6-5-7-9-15)14-19(3)16-10-11-20-12-16/h5-9,16,18H,4,10-14H2,1-3H3. The third kappa shape index (κ3) is 4.00. The third-order valence-electron chi connectivity index (χ3n) is 4.36. The maximum atomic E-state index is 3.55. The minimum atomic E-state index is 0.180. The topological polar surface area (TPSA) is 15.3 Å². The van der Waals surface area contributed by atoms with E-state index >= 15 is 0 Å². The number of nitrogens with zero attached hydrogens (tertiary/aromatic N) is 1. The van der Waals surface area contributed by atoms with Crippen LogP contribution in [0.1, 0.15) is 25.8 Å². The summed E-state index contributed by atoms with van der Waals surface area (Å²) in [6, 6.07) is 11.7. The molecule has 0 bridgehead atoms. The summed E-state index contributed by atoms with van der Waals surface area (Å²) in [5.74, 6) is 2.62. The van der Waals surface area contributed by atoms with Crippen LogP contribution in [0.3, 0.4) is 0 Å². The van der Waals surface area contributed by atoms with Crippen molar-refractivity contribution in [2.24, 2.45) is 0 Å². The fourth-order valence-electron chi connectivity index (χ4n) is 3.04. The molecule has 2 unspecified atom stereocenters. The molecular formula is C17H28N2S. The lowest BCUT2D eigenvalue weighted by atomic mass is 9.81. The van der Waals surface area contributed by atoms with Crippen molar-refractivity contribution >= 4 is 11.8 Å². The highest BCUT2D eigenvalue weighted by molar-refractivity contribution is 7.99. The van der Waals surface area contributed by atoms with Gasteiger partial charge in [0.1, 0.15) is 0 Å². The molecule has 1 aromatic carbocycles. The zero-order valence-corrected chi connectivity index (χ0v) is 13.9. The Balaban J connectivity index is 2.09. The minimum absolute atomic E-state index is 0.180. The second kappa shape index (κ2) is 7.48. The summed E-state index contributed by atoms with van der Waals surface area (Å²) >= 11 is 2.09. The van der Waals surface area contributed by atoms with E-state index in [0.29, 0.717) is 0 Å². The van der Waals surface area contributed by atoms with Crippen LogP contribution in [0.15, 0.2) is 30.3 Å². The predicted octanol–water partition coefficient (Wildman–Crippen LogP) is 2.99. The molecule has 1 aromatic rings. The zero-order valence-electron chi connectivity index (χ0n) is 13.1. The smallest absolute Gasteiger partial charge is 0.0191 e. The summed E-state index contributed by atoms with van der Waals surface area (Å²) in [6.45, 7) is 7.77. The molecule has 0 aromatic heterocycles. The van der Waals surface area contributed by atoms with Gasteiger partial charge in [-0.3, -0.25) is 0 Å². The normalized spacial score (nSPS) is 22.1. The van der Waals surface area contributed by atoms with Crippen molar-refractivity contribution in [1.82, 2.24) is 10.2 Å². The number of thioether (sulfide) groups is 1. The van der Waals surface area contributed by atoms with Gasteiger partial charge in [-0.15, -0.1) is 0 Å². The van der Waals surface area contributed by atoms with Gasteiger partial charge in [0.05, 0.1) is 0 Å². The van der Waals surface area contributed by atoms with Crippen LogP contribution in [0.25, 0.3) is 0 Å². The number of likely N-dealkylation sites (N-methyl/N-ethyl adjacent to an activating group) is 2. The van der Waals surface area contributed by atoms with Crippen LogP contribution in [0.2, 0.25) is 0 Å². The van der Waals surface area contributed by atoms with Crippen LogP contribution >= 0.6 is 11.8 Å². The Kier molecular flexibility index (Phi) is 5.94. The van der Waals surface area contributed by atoms with Crippen molar-refractivity contribution in [3.8, 4) is 0 Å². The van der Waals surface area contributed by atoms with Crippen molar-refractivity contribution in [3.63, 3.8) is 0 Å². The Morgan fingerprint density at radius 1 is 1.35 bits per heavy atom. The van der Waals surface area contributed by atoms with E-state index in [9.17, 15) is 0 Å². The number of hydrogen-bond acceptors (Lipinski definition) is 3. The second-order valence-corrected chi connectivity index (χ2v) is 7.29. The van der Waals surface area contributed by atoms with E-state index in [-0.39, 0.29) is 5.41 Å². The van der Waals surface area contributed by atoms with E-state index in [4.69, 9.17) is 0 Å². The van der Waals surface area contributed by atoms with Gasteiger partial charge in [-0.1, -0.05) is 44.2 Å². The first-order valence-corrected chi connectivity index (χ1v) is 8.85. The highest BCUT2D eigenvalue weighted by atomic mass is 32.2. The average molecular weight is 292 g/mol. The van der Waals surface area contributed by atoms with E-state index in [1.54, 1.807) is 0 Å². The lowest BCUT2D eigenvalue weighted by Gasteiger charge is -2.37. The quantitative estimate of drug-likeness (QED) is 0.832. The Labute approximate surface area is 128 Å². The lowest BCUT2D eigenvalue weighted by molar-refractivity contribution is 0.203. The van der Waals surface area contributed by atoms with Crippen molar-refractivity contribution in [3.05, 3.63) is 35.9 Å². The molecule has 1 aliphatic heterocycles. The molecule has 0 saturated carbocycles. The van der Waals surface area contributed by atoms with Gasteiger partial charge in [0.2, 0.25) is 0 Å². The Morgan fingerprint density at radius 3 is 2.70 bits per heavy atom.